The maximum Gasteiger partial charge on any atom is 0.257 e. The molecule has 0 spiro atoms. The number of ether oxygens (including phenoxy) is 3. The number of fused-ring (bicyclic) bond motifs is 1. The zero-order valence-electron chi connectivity index (χ0n) is 13.5. The molecule has 24 heavy (non-hydrogen) atoms. The highest BCUT2D eigenvalue weighted by molar-refractivity contribution is 6.31. The number of amides is 1. The normalized spacial score (nSPS) is 15.7. The van der Waals surface area contributed by atoms with Gasteiger partial charge in [0, 0.05) is 12.1 Å². The summed E-state index contributed by atoms with van der Waals surface area (Å²) in [6.07, 6.45) is -0.237. The van der Waals surface area contributed by atoms with Gasteiger partial charge >= 0.3 is 0 Å². The second kappa shape index (κ2) is 7.01. The Bertz CT molecular complexity index is 750. The van der Waals surface area contributed by atoms with Gasteiger partial charge in [-0.3, -0.25) is 4.79 Å². The Kier molecular flexibility index (Phi) is 4.81. The topological polar surface area (TPSA) is 48.0 Å². The van der Waals surface area contributed by atoms with Gasteiger partial charge in [0.05, 0.1) is 19.2 Å². The number of rotatable bonds is 4. The summed E-state index contributed by atoms with van der Waals surface area (Å²) in [5.74, 6) is 1.72. The van der Waals surface area contributed by atoms with Crippen LogP contribution in [-0.4, -0.2) is 44.2 Å². The molecule has 0 saturated carbocycles. The van der Waals surface area contributed by atoms with Crippen LogP contribution in [0, 0.1) is 0 Å². The van der Waals surface area contributed by atoms with Crippen molar-refractivity contribution in [3.05, 3.63) is 53.1 Å². The largest absolute Gasteiger partial charge is 0.496 e. The van der Waals surface area contributed by atoms with Gasteiger partial charge in [0.15, 0.2) is 17.6 Å². The van der Waals surface area contributed by atoms with Gasteiger partial charge in [0.1, 0.15) is 12.4 Å². The minimum Gasteiger partial charge on any atom is -0.496 e. The minimum absolute atomic E-state index is 0.184. The van der Waals surface area contributed by atoms with Crippen molar-refractivity contribution in [1.29, 1.82) is 0 Å². The Morgan fingerprint density at radius 1 is 1.29 bits per heavy atom. The Labute approximate surface area is 145 Å². The Morgan fingerprint density at radius 3 is 2.79 bits per heavy atom. The number of methoxy groups -OCH3 is 1. The van der Waals surface area contributed by atoms with Crippen LogP contribution >= 0.6 is 11.6 Å². The van der Waals surface area contributed by atoms with Crippen LogP contribution in [0.3, 0.4) is 0 Å². The van der Waals surface area contributed by atoms with Crippen molar-refractivity contribution in [1.82, 2.24) is 4.90 Å². The number of carbonyl (C=O) groups excluding carboxylic acids is 1. The number of halogens is 1. The highest BCUT2D eigenvalue weighted by atomic mass is 35.5. The van der Waals surface area contributed by atoms with Gasteiger partial charge < -0.3 is 19.1 Å². The van der Waals surface area contributed by atoms with Crippen LogP contribution in [-0.2, 0) is 0 Å². The molecule has 1 amide bonds. The summed E-state index contributed by atoms with van der Waals surface area (Å²) in [7, 11) is 3.24. The first-order valence-corrected chi connectivity index (χ1v) is 7.93. The van der Waals surface area contributed by atoms with Crippen molar-refractivity contribution in [2.24, 2.45) is 0 Å². The molecule has 126 valence electrons. The van der Waals surface area contributed by atoms with Crippen LogP contribution in [0.5, 0.6) is 17.2 Å². The molecule has 0 bridgehead atoms. The molecule has 0 aliphatic carbocycles. The van der Waals surface area contributed by atoms with Gasteiger partial charge in [0.2, 0.25) is 0 Å². The predicted molar refractivity (Wildman–Crippen MR) is 91.3 cm³/mol. The fourth-order valence-corrected chi connectivity index (χ4v) is 2.77. The van der Waals surface area contributed by atoms with Crippen LogP contribution in [0.1, 0.15) is 10.4 Å². The lowest BCUT2D eigenvalue weighted by Gasteiger charge is -2.29. The fourth-order valence-electron chi connectivity index (χ4n) is 2.59. The second-order valence-corrected chi connectivity index (χ2v) is 5.96. The van der Waals surface area contributed by atoms with E-state index in [1.54, 1.807) is 30.1 Å². The van der Waals surface area contributed by atoms with Crippen LogP contribution in [0.15, 0.2) is 42.5 Å². The quantitative estimate of drug-likeness (QED) is 0.851. The van der Waals surface area contributed by atoms with Gasteiger partial charge in [-0.05, 0) is 30.3 Å². The number of likely N-dealkylation sites (N-methyl/N-ethyl adjacent to an activating group) is 1. The lowest BCUT2D eigenvalue weighted by Crippen LogP contribution is -2.41. The third-order valence-corrected chi connectivity index (χ3v) is 4.02. The van der Waals surface area contributed by atoms with Gasteiger partial charge in [0.25, 0.3) is 5.91 Å². The molecule has 5 nitrogen and oxygen atoms in total. The molecule has 2 aromatic carbocycles. The summed E-state index contributed by atoms with van der Waals surface area (Å²) in [5, 5.41) is 0.485. The number of benzene rings is 2. The lowest BCUT2D eigenvalue weighted by molar-refractivity contribution is 0.0519. The van der Waals surface area contributed by atoms with E-state index in [0.717, 1.165) is 5.75 Å². The number of hydrogen-bond acceptors (Lipinski definition) is 4. The molecule has 0 radical (unpaired) electrons. The predicted octanol–water partition coefficient (Wildman–Crippen LogP) is 3.26. The molecule has 2 aromatic rings. The van der Waals surface area contributed by atoms with Gasteiger partial charge in [-0.15, -0.1) is 0 Å². The first-order valence-electron chi connectivity index (χ1n) is 7.56. The van der Waals surface area contributed by atoms with Crippen molar-refractivity contribution < 1.29 is 19.0 Å². The molecule has 1 atom stereocenters. The highest BCUT2D eigenvalue weighted by Gasteiger charge is 2.25. The van der Waals surface area contributed by atoms with Crippen molar-refractivity contribution in [2.45, 2.75) is 6.10 Å². The Balaban J connectivity index is 1.70. The van der Waals surface area contributed by atoms with Crippen molar-refractivity contribution in [2.75, 3.05) is 27.3 Å². The molecule has 0 N–H and O–H groups in total. The first-order chi connectivity index (χ1) is 11.6. The van der Waals surface area contributed by atoms with Gasteiger partial charge in [-0.2, -0.15) is 0 Å². The molecular formula is C18H18ClNO4. The van der Waals surface area contributed by atoms with Crippen LogP contribution in [0.4, 0.5) is 0 Å². The van der Waals surface area contributed by atoms with E-state index < -0.39 is 0 Å². The van der Waals surface area contributed by atoms with E-state index in [4.69, 9.17) is 25.8 Å². The summed E-state index contributed by atoms with van der Waals surface area (Å²) in [4.78, 5) is 14.3. The molecule has 1 unspecified atom stereocenters. The molecule has 0 saturated heterocycles. The number of nitrogens with zero attached hydrogens (tertiary/aromatic N) is 1. The van der Waals surface area contributed by atoms with Gasteiger partial charge in [-0.25, -0.2) is 0 Å². The second-order valence-electron chi connectivity index (χ2n) is 5.53. The number of hydrogen-bond donors (Lipinski definition) is 0. The van der Waals surface area contributed by atoms with E-state index in [-0.39, 0.29) is 12.0 Å². The van der Waals surface area contributed by atoms with Crippen LogP contribution in [0.2, 0.25) is 5.02 Å². The monoisotopic (exact) mass is 347 g/mol. The summed E-state index contributed by atoms with van der Waals surface area (Å²) in [6, 6.07) is 12.5. The summed E-state index contributed by atoms with van der Waals surface area (Å²) in [6.45, 7) is 0.782. The molecule has 0 fully saturated rings. The molecule has 1 aliphatic heterocycles. The zero-order valence-corrected chi connectivity index (χ0v) is 14.2. The highest BCUT2D eigenvalue weighted by Crippen LogP contribution is 2.31. The van der Waals surface area contributed by atoms with Crippen molar-refractivity contribution in [3.8, 4) is 17.2 Å². The SMILES string of the molecule is COc1ccc(Cl)cc1C(=O)N(C)CC1COc2ccccc2O1. The summed E-state index contributed by atoms with van der Waals surface area (Å²) < 4.78 is 16.8. The van der Waals surface area contributed by atoms with E-state index >= 15 is 0 Å². The molecular weight excluding hydrogens is 330 g/mol. The molecule has 3 rings (SSSR count). The zero-order chi connectivity index (χ0) is 17.1. The standard InChI is InChI=1S/C18H18ClNO4/c1-20(18(21)14-9-12(19)7-8-15(14)22-2)10-13-11-23-16-5-3-4-6-17(16)24-13/h3-9,13H,10-11H2,1-2H3. The summed E-state index contributed by atoms with van der Waals surface area (Å²) in [5.41, 5.74) is 0.421. The average molecular weight is 348 g/mol. The van der Waals surface area contributed by atoms with E-state index in [2.05, 4.69) is 0 Å². The Hall–Kier alpha value is -2.40. The smallest absolute Gasteiger partial charge is 0.257 e. The maximum atomic E-state index is 12.7. The maximum absolute atomic E-state index is 12.7. The Morgan fingerprint density at radius 2 is 2.04 bits per heavy atom. The average Bonchev–Trinajstić information content (AvgIpc) is 2.61. The third-order valence-electron chi connectivity index (χ3n) is 3.78. The molecule has 1 aliphatic rings. The van der Waals surface area contributed by atoms with Crippen molar-refractivity contribution >= 4 is 17.5 Å². The van der Waals surface area contributed by atoms with E-state index in [0.29, 0.717) is 35.2 Å². The fraction of sp³-hybridized carbons (Fsp3) is 0.278. The number of para-hydroxylation sites is 2. The van der Waals surface area contributed by atoms with E-state index in [9.17, 15) is 4.79 Å². The van der Waals surface area contributed by atoms with E-state index in [1.807, 2.05) is 24.3 Å². The van der Waals surface area contributed by atoms with Gasteiger partial charge in [-0.1, -0.05) is 23.7 Å². The van der Waals surface area contributed by atoms with Crippen LogP contribution in [0.25, 0.3) is 0 Å². The van der Waals surface area contributed by atoms with Crippen molar-refractivity contribution in [3.63, 3.8) is 0 Å². The molecule has 6 heteroatoms. The molecule has 1 heterocycles. The van der Waals surface area contributed by atoms with Crippen LogP contribution < -0.4 is 14.2 Å². The minimum atomic E-state index is -0.237. The summed E-state index contributed by atoms with van der Waals surface area (Å²) >= 11 is 6.00. The lowest BCUT2D eigenvalue weighted by atomic mass is 10.1. The number of carbonyl (C=O) groups is 1. The molecule has 0 aromatic heterocycles. The first kappa shape index (κ1) is 16.5. The van der Waals surface area contributed by atoms with E-state index in [1.165, 1.54) is 7.11 Å². The third kappa shape index (κ3) is 3.41.